The summed E-state index contributed by atoms with van der Waals surface area (Å²) in [6, 6.07) is 17.8. The molecule has 2 atom stereocenters. The first-order valence-electron chi connectivity index (χ1n) is 14.0. The molecule has 3 aliphatic rings. The lowest BCUT2D eigenvalue weighted by atomic mass is 9.79. The van der Waals surface area contributed by atoms with Crippen LogP contribution in [0, 0.1) is 5.92 Å². The summed E-state index contributed by atoms with van der Waals surface area (Å²) >= 11 is 0. The maximum Gasteiger partial charge on any atom is 0.146 e. The van der Waals surface area contributed by atoms with Crippen LogP contribution >= 0.6 is 0 Å². The fraction of sp³-hybridized carbons (Fsp3) is 0.419. The highest BCUT2D eigenvalue weighted by molar-refractivity contribution is 6.00. The Bertz CT molecular complexity index is 1450. The van der Waals surface area contributed by atoms with Crippen molar-refractivity contribution in [3.8, 4) is 16.9 Å². The summed E-state index contributed by atoms with van der Waals surface area (Å²) < 4.78 is 8.83. The van der Waals surface area contributed by atoms with Crippen LogP contribution in [0.25, 0.3) is 22.2 Å². The van der Waals surface area contributed by atoms with Gasteiger partial charge in [-0.25, -0.2) is 9.97 Å². The van der Waals surface area contributed by atoms with E-state index in [1.165, 1.54) is 17.5 Å². The Morgan fingerprint density at radius 2 is 1.92 bits per heavy atom. The predicted octanol–water partition coefficient (Wildman–Crippen LogP) is 5.15. The second kappa shape index (κ2) is 9.71. The molecule has 7 rings (SSSR count). The molecule has 38 heavy (non-hydrogen) atoms. The van der Waals surface area contributed by atoms with Crippen LogP contribution in [0.2, 0.25) is 0 Å². The number of rotatable bonds is 6. The molecule has 7 nitrogen and oxygen atoms in total. The highest BCUT2D eigenvalue weighted by atomic mass is 16.5. The number of hydrogen-bond acceptors (Lipinski definition) is 6. The number of nitrogens with two attached hydrogens (primary N) is 1. The minimum atomic E-state index is 0.0710. The first-order chi connectivity index (χ1) is 18.7. The van der Waals surface area contributed by atoms with Crippen LogP contribution in [0.5, 0.6) is 5.75 Å². The Balaban J connectivity index is 1.16. The second-order valence-corrected chi connectivity index (χ2v) is 11.3. The lowest BCUT2D eigenvalue weighted by Crippen LogP contribution is -2.40. The van der Waals surface area contributed by atoms with Crippen molar-refractivity contribution in [2.45, 2.75) is 56.7 Å². The molecule has 2 aliphatic heterocycles. The zero-order valence-electron chi connectivity index (χ0n) is 21.7. The lowest BCUT2D eigenvalue weighted by molar-refractivity contribution is 0.0970. The average Bonchev–Trinajstić information content (AvgIpc) is 3.55. The van der Waals surface area contributed by atoms with Gasteiger partial charge >= 0.3 is 0 Å². The lowest BCUT2D eigenvalue weighted by Gasteiger charge is -2.39. The van der Waals surface area contributed by atoms with Crippen LogP contribution in [0.4, 0.5) is 5.82 Å². The van der Waals surface area contributed by atoms with E-state index in [1.54, 1.807) is 6.33 Å². The molecule has 7 heteroatoms. The molecule has 4 heterocycles. The van der Waals surface area contributed by atoms with E-state index >= 15 is 0 Å². The summed E-state index contributed by atoms with van der Waals surface area (Å²) in [6.45, 7) is 2.46. The van der Waals surface area contributed by atoms with E-state index in [4.69, 9.17) is 10.5 Å². The summed E-state index contributed by atoms with van der Waals surface area (Å²) in [5, 5.41) is 10.6. The Morgan fingerprint density at radius 1 is 1.05 bits per heavy atom. The number of aromatic nitrogens is 3. The van der Waals surface area contributed by atoms with E-state index in [1.807, 2.05) is 6.07 Å². The number of ether oxygens (including phenoxy) is 1. The molecule has 0 bridgehead atoms. The van der Waals surface area contributed by atoms with Gasteiger partial charge in [0.05, 0.1) is 12.0 Å². The van der Waals surface area contributed by atoms with Gasteiger partial charge in [0, 0.05) is 30.4 Å². The third-order valence-electron chi connectivity index (χ3n) is 8.94. The number of aliphatic hydroxyl groups is 1. The first-order valence-corrected chi connectivity index (χ1v) is 14.0. The summed E-state index contributed by atoms with van der Waals surface area (Å²) in [7, 11) is 0. The molecule has 4 aromatic rings. The molecule has 0 unspecified atom stereocenters. The van der Waals surface area contributed by atoms with Crippen molar-refractivity contribution in [3.05, 3.63) is 72.2 Å². The van der Waals surface area contributed by atoms with E-state index in [2.05, 4.69) is 68.1 Å². The van der Waals surface area contributed by atoms with Gasteiger partial charge in [-0.05, 0) is 73.7 Å². The maximum atomic E-state index is 9.69. The molecule has 2 aromatic heterocycles. The number of nitrogens with zero attached hydrogens (tertiary/aromatic N) is 4. The molecule has 3 N–H and O–H groups in total. The molecule has 1 saturated carbocycles. The van der Waals surface area contributed by atoms with Crippen LogP contribution in [0.15, 0.2) is 61.1 Å². The third-order valence-corrected chi connectivity index (χ3v) is 8.94. The fourth-order valence-electron chi connectivity index (χ4n) is 6.80. The summed E-state index contributed by atoms with van der Waals surface area (Å²) in [4.78, 5) is 11.5. The predicted molar refractivity (Wildman–Crippen MR) is 149 cm³/mol. The number of likely N-dealkylation sites (tertiary alicyclic amines) is 1. The van der Waals surface area contributed by atoms with Gasteiger partial charge in [-0.3, -0.25) is 4.90 Å². The molecular weight excluding hydrogens is 474 g/mol. The molecule has 1 saturated heterocycles. The molecule has 2 aromatic carbocycles. The van der Waals surface area contributed by atoms with Gasteiger partial charge in [-0.1, -0.05) is 42.5 Å². The minimum absolute atomic E-state index is 0.0710. The van der Waals surface area contributed by atoms with Crippen LogP contribution in [0.1, 0.15) is 55.4 Å². The van der Waals surface area contributed by atoms with Gasteiger partial charge in [0.15, 0.2) is 0 Å². The fourth-order valence-corrected chi connectivity index (χ4v) is 6.80. The standard InChI is InChI=1S/C31H35N5O2/c32-30-29-26(23-9-8-22-10-11-27(38-28(22)15-23)21-5-2-1-3-6-21)17-36(31(29)34-19-33-30)25-13-20(14-25)16-35-12-4-7-24(35)18-37/h1-3,5-6,8-9,15,17,19-20,24-25,27,37H,4,7,10-14,16,18H2,(H2,32,33,34)/t20?,24-,25?,27-/m0/s1. The van der Waals surface area contributed by atoms with Crippen molar-refractivity contribution < 1.29 is 9.84 Å². The quantitative estimate of drug-likeness (QED) is 0.373. The molecule has 196 valence electrons. The number of benzene rings is 2. The number of anilines is 1. The highest BCUT2D eigenvalue weighted by Crippen LogP contribution is 2.45. The second-order valence-electron chi connectivity index (χ2n) is 11.3. The van der Waals surface area contributed by atoms with Gasteiger partial charge in [0.2, 0.25) is 0 Å². The Morgan fingerprint density at radius 3 is 2.76 bits per heavy atom. The van der Waals surface area contributed by atoms with Gasteiger partial charge in [0.1, 0.15) is 29.6 Å². The topological polar surface area (TPSA) is 89.4 Å². The van der Waals surface area contributed by atoms with E-state index in [0.717, 1.165) is 73.1 Å². The Hall–Kier alpha value is -3.42. The van der Waals surface area contributed by atoms with Crippen LogP contribution in [0.3, 0.4) is 0 Å². The normalized spacial score (nSPS) is 25.2. The number of aliphatic hydroxyl groups excluding tert-OH is 1. The van der Waals surface area contributed by atoms with Crippen molar-refractivity contribution in [2.24, 2.45) is 5.92 Å². The smallest absolute Gasteiger partial charge is 0.146 e. The molecule has 0 radical (unpaired) electrons. The average molecular weight is 510 g/mol. The highest BCUT2D eigenvalue weighted by Gasteiger charge is 2.36. The molecule has 0 amide bonds. The van der Waals surface area contributed by atoms with Crippen molar-refractivity contribution in [1.29, 1.82) is 0 Å². The Labute approximate surface area is 223 Å². The van der Waals surface area contributed by atoms with Gasteiger partial charge in [0.25, 0.3) is 0 Å². The van der Waals surface area contributed by atoms with E-state index < -0.39 is 0 Å². The molecule has 1 aliphatic carbocycles. The SMILES string of the molecule is Nc1ncnc2c1c(-c1ccc3c(c1)O[C@H](c1ccccc1)CC3)cn2C1CC(CN2CCC[C@H]2CO)C1. The van der Waals surface area contributed by atoms with Crippen molar-refractivity contribution in [2.75, 3.05) is 25.4 Å². The zero-order valence-corrected chi connectivity index (χ0v) is 21.7. The number of aryl methyl sites for hydroxylation is 1. The third kappa shape index (κ3) is 4.14. The summed E-state index contributed by atoms with van der Waals surface area (Å²) in [5.41, 5.74) is 12.0. The van der Waals surface area contributed by atoms with Crippen molar-refractivity contribution >= 4 is 16.9 Å². The van der Waals surface area contributed by atoms with E-state index in [0.29, 0.717) is 23.8 Å². The van der Waals surface area contributed by atoms with Crippen LogP contribution in [-0.2, 0) is 6.42 Å². The molecule has 0 spiro atoms. The van der Waals surface area contributed by atoms with Crippen molar-refractivity contribution in [3.63, 3.8) is 0 Å². The monoisotopic (exact) mass is 509 g/mol. The molecule has 2 fully saturated rings. The number of nitrogen functional groups attached to an aromatic ring is 1. The van der Waals surface area contributed by atoms with Crippen molar-refractivity contribution in [1.82, 2.24) is 19.4 Å². The summed E-state index contributed by atoms with van der Waals surface area (Å²) in [6.07, 6.45) is 10.4. The van der Waals surface area contributed by atoms with Gasteiger partial charge in [-0.15, -0.1) is 0 Å². The summed E-state index contributed by atoms with van der Waals surface area (Å²) in [5.74, 6) is 2.12. The molecular formula is C31H35N5O2. The number of fused-ring (bicyclic) bond motifs is 2. The van der Waals surface area contributed by atoms with Crippen LogP contribution in [-0.4, -0.2) is 50.3 Å². The van der Waals surface area contributed by atoms with Gasteiger partial charge in [-0.2, -0.15) is 0 Å². The maximum absolute atomic E-state index is 9.69. The number of hydrogen-bond donors (Lipinski definition) is 2. The first kappa shape index (κ1) is 23.7. The van der Waals surface area contributed by atoms with Crippen LogP contribution < -0.4 is 10.5 Å². The Kier molecular flexibility index (Phi) is 6.05. The van der Waals surface area contributed by atoms with E-state index in [-0.39, 0.29) is 12.7 Å². The zero-order chi connectivity index (χ0) is 25.6. The van der Waals surface area contributed by atoms with E-state index in [9.17, 15) is 5.11 Å². The minimum Gasteiger partial charge on any atom is -0.485 e. The largest absolute Gasteiger partial charge is 0.485 e. The van der Waals surface area contributed by atoms with Gasteiger partial charge < -0.3 is 20.1 Å².